The fourth-order valence-electron chi connectivity index (χ4n) is 3.21. The number of aromatic nitrogens is 1. The number of hydrogen-bond donors (Lipinski definition) is 1. The first-order chi connectivity index (χ1) is 13.6. The van der Waals surface area contributed by atoms with Crippen LogP contribution in [0.4, 0.5) is 0 Å². The second-order valence-corrected chi connectivity index (χ2v) is 6.97. The topological polar surface area (TPSA) is 73.6 Å². The number of hydrogen-bond acceptors (Lipinski definition) is 5. The summed E-state index contributed by atoms with van der Waals surface area (Å²) in [4.78, 5) is 12.0. The fraction of sp³-hybridized carbons (Fsp3) is 0.273. The Kier molecular flexibility index (Phi) is 5.02. The number of nitrogens with one attached hydrogen (secondary N) is 1. The lowest BCUT2D eigenvalue weighted by atomic mass is 10.1. The molecule has 28 heavy (non-hydrogen) atoms. The predicted octanol–water partition coefficient (Wildman–Crippen LogP) is 3.67. The minimum Gasteiger partial charge on any atom is -0.490 e. The van der Waals surface area contributed by atoms with Crippen molar-refractivity contribution in [2.75, 3.05) is 6.61 Å². The van der Waals surface area contributed by atoms with Gasteiger partial charge in [0.15, 0.2) is 12.4 Å². The van der Waals surface area contributed by atoms with Crippen molar-refractivity contribution in [2.45, 2.75) is 32.9 Å². The zero-order chi connectivity index (χ0) is 19.5. The van der Waals surface area contributed by atoms with Gasteiger partial charge in [0, 0.05) is 18.1 Å². The van der Waals surface area contributed by atoms with Crippen LogP contribution in [0, 0.1) is 6.92 Å². The van der Waals surface area contributed by atoms with Gasteiger partial charge in [0.1, 0.15) is 23.3 Å². The van der Waals surface area contributed by atoms with Crippen molar-refractivity contribution in [2.24, 2.45) is 0 Å². The molecule has 0 spiro atoms. The van der Waals surface area contributed by atoms with E-state index in [0.29, 0.717) is 17.2 Å². The van der Waals surface area contributed by atoms with Gasteiger partial charge in [-0.15, -0.1) is 0 Å². The lowest BCUT2D eigenvalue weighted by molar-refractivity contribution is -0.123. The first kappa shape index (κ1) is 18.1. The minimum absolute atomic E-state index is 0.0431. The molecule has 0 aliphatic carbocycles. The van der Waals surface area contributed by atoms with Crippen molar-refractivity contribution in [3.05, 3.63) is 65.4 Å². The number of benzene rings is 2. The van der Waals surface area contributed by atoms with Crippen LogP contribution >= 0.6 is 0 Å². The molecule has 144 valence electrons. The van der Waals surface area contributed by atoms with Gasteiger partial charge >= 0.3 is 0 Å². The van der Waals surface area contributed by atoms with E-state index in [1.54, 1.807) is 0 Å². The SMILES string of the molecule is Cc1ccccc1OCC(=O)NCc1cc(-c2ccc3c(c2)CC(C)O3)on1. The third-order valence-corrected chi connectivity index (χ3v) is 4.66. The van der Waals surface area contributed by atoms with E-state index in [-0.39, 0.29) is 25.2 Å². The normalized spacial score (nSPS) is 15.0. The van der Waals surface area contributed by atoms with Gasteiger partial charge in [-0.25, -0.2) is 0 Å². The predicted molar refractivity (Wildman–Crippen MR) is 104 cm³/mol. The summed E-state index contributed by atoms with van der Waals surface area (Å²) in [6, 6.07) is 15.4. The highest BCUT2D eigenvalue weighted by Crippen LogP contribution is 2.33. The van der Waals surface area contributed by atoms with Crippen molar-refractivity contribution >= 4 is 5.91 Å². The summed E-state index contributed by atoms with van der Waals surface area (Å²) in [6.07, 6.45) is 1.09. The van der Waals surface area contributed by atoms with Crippen molar-refractivity contribution in [1.82, 2.24) is 10.5 Å². The Bertz CT molecular complexity index is 996. The molecule has 1 aliphatic rings. The minimum atomic E-state index is -0.212. The van der Waals surface area contributed by atoms with Crippen LogP contribution in [0.5, 0.6) is 11.5 Å². The lowest BCUT2D eigenvalue weighted by Gasteiger charge is -2.08. The van der Waals surface area contributed by atoms with Crippen molar-refractivity contribution in [1.29, 1.82) is 0 Å². The van der Waals surface area contributed by atoms with E-state index in [0.717, 1.165) is 23.3 Å². The number of carbonyl (C=O) groups excluding carboxylic acids is 1. The van der Waals surface area contributed by atoms with Crippen LogP contribution in [0.1, 0.15) is 23.7 Å². The molecule has 3 aromatic rings. The molecule has 1 atom stereocenters. The fourth-order valence-corrected chi connectivity index (χ4v) is 3.21. The Labute approximate surface area is 163 Å². The van der Waals surface area contributed by atoms with Gasteiger partial charge < -0.3 is 19.3 Å². The molecule has 1 unspecified atom stereocenters. The van der Waals surface area contributed by atoms with Crippen molar-refractivity contribution in [3.8, 4) is 22.8 Å². The Balaban J connectivity index is 1.32. The summed E-state index contributed by atoms with van der Waals surface area (Å²) < 4.78 is 16.7. The zero-order valence-corrected chi connectivity index (χ0v) is 15.9. The summed E-state index contributed by atoms with van der Waals surface area (Å²) in [5.74, 6) is 2.09. The molecule has 1 amide bonds. The largest absolute Gasteiger partial charge is 0.490 e. The molecule has 0 radical (unpaired) electrons. The van der Waals surface area contributed by atoms with Crippen LogP contribution in [-0.4, -0.2) is 23.8 Å². The van der Waals surface area contributed by atoms with Crippen LogP contribution in [0.15, 0.2) is 53.1 Å². The van der Waals surface area contributed by atoms with E-state index < -0.39 is 0 Å². The number of amides is 1. The van der Waals surface area contributed by atoms with Crippen LogP contribution in [-0.2, 0) is 17.8 Å². The first-order valence-electron chi connectivity index (χ1n) is 9.29. The monoisotopic (exact) mass is 378 g/mol. The highest BCUT2D eigenvalue weighted by atomic mass is 16.5. The summed E-state index contributed by atoms with van der Waals surface area (Å²) in [5, 5.41) is 6.84. The molecule has 6 nitrogen and oxygen atoms in total. The molecule has 1 N–H and O–H groups in total. The molecule has 0 saturated carbocycles. The quantitative estimate of drug-likeness (QED) is 0.708. The summed E-state index contributed by atoms with van der Waals surface area (Å²) in [7, 11) is 0. The lowest BCUT2D eigenvalue weighted by Crippen LogP contribution is -2.28. The summed E-state index contributed by atoms with van der Waals surface area (Å²) in [5.41, 5.74) is 3.77. The van der Waals surface area contributed by atoms with Gasteiger partial charge in [0.05, 0.1) is 6.54 Å². The van der Waals surface area contributed by atoms with Crippen LogP contribution < -0.4 is 14.8 Å². The molecule has 2 heterocycles. The van der Waals surface area contributed by atoms with Gasteiger partial charge in [-0.3, -0.25) is 4.79 Å². The molecule has 4 rings (SSSR count). The number of carbonyl (C=O) groups is 1. The average molecular weight is 378 g/mol. The number of ether oxygens (including phenoxy) is 2. The van der Waals surface area contributed by atoms with Crippen LogP contribution in [0.25, 0.3) is 11.3 Å². The smallest absolute Gasteiger partial charge is 0.258 e. The van der Waals surface area contributed by atoms with Gasteiger partial charge in [-0.05, 0) is 49.2 Å². The third-order valence-electron chi connectivity index (χ3n) is 4.66. The van der Waals surface area contributed by atoms with Gasteiger partial charge in [-0.2, -0.15) is 0 Å². The summed E-state index contributed by atoms with van der Waals surface area (Å²) in [6.45, 7) is 4.23. The van der Waals surface area contributed by atoms with E-state index in [2.05, 4.69) is 23.5 Å². The number of para-hydroxylation sites is 1. The standard InChI is InChI=1S/C22H22N2O4/c1-14-5-3-4-6-19(14)26-13-22(25)23-12-18-11-21(28-24-18)16-7-8-20-17(10-16)9-15(2)27-20/h3-8,10-11,15H,9,12-13H2,1-2H3,(H,23,25). The average Bonchev–Trinajstić information content (AvgIpc) is 3.30. The highest BCUT2D eigenvalue weighted by molar-refractivity contribution is 5.77. The second kappa shape index (κ2) is 7.76. The van der Waals surface area contributed by atoms with E-state index in [1.807, 2.05) is 49.4 Å². The zero-order valence-electron chi connectivity index (χ0n) is 15.9. The Hall–Kier alpha value is -3.28. The van der Waals surface area contributed by atoms with E-state index in [9.17, 15) is 4.79 Å². The third kappa shape index (κ3) is 4.01. The van der Waals surface area contributed by atoms with E-state index in [4.69, 9.17) is 14.0 Å². The molecular formula is C22H22N2O4. The van der Waals surface area contributed by atoms with Gasteiger partial charge in [0.2, 0.25) is 0 Å². The second-order valence-electron chi connectivity index (χ2n) is 6.97. The molecule has 0 bridgehead atoms. The number of fused-ring (bicyclic) bond motifs is 1. The number of rotatable bonds is 6. The molecule has 6 heteroatoms. The number of aryl methyl sites for hydroxylation is 1. The van der Waals surface area contributed by atoms with Crippen LogP contribution in [0.3, 0.4) is 0 Å². The van der Waals surface area contributed by atoms with Crippen molar-refractivity contribution < 1.29 is 18.8 Å². The van der Waals surface area contributed by atoms with Crippen LogP contribution in [0.2, 0.25) is 0 Å². The van der Waals surface area contributed by atoms with Gasteiger partial charge in [0.25, 0.3) is 5.91 Å². The molecule has 1 aromatic heterocycles. The molecular weight excluding hydrogens is 356 g/mol. The molecule has 0 fully saturated rings. The molecule has 2 aromatic carbocycles. The maximum atomic E-state index is 12.0. The molecule has 1 aliphatic heterocycles. The Morgan fingerprint density at radius 2 is 2.11 bits per heavy atom. The van der Waals surface area contributed by atoms with E-state index in [1.165, 1.54) is 5.56 Å². The van der Waals surface area contributed by atoms with Crippen molar-refractivity contribution in [3.63, 3.8) is 0 Å². The Morgan fingerprint density at radius 1 is 1.25 bits per heavy atom. The van der Waals surface area contributed by atoms with E-state index >= 15 is 0 Å². The summed E-state index contributed by atoms with van der Waals surface area (Å²) >= 11 is 0. The maximum absolute atomic E-state index is 12.0. The number of nitrogens with zero attached hydrogens (tertiary/aromatic N) is 1. The maximum Gasteiger partial charge on any atom is 0.258 e. The van der Waals surface area contributed by atoms with Gasteiger partial charge in [-0.1, -0.05) is 23.4 Å². The molecule has 0 saturated heterocycles. The Morgan fingerprint density at radius 3 is 2.96 bits per heavy atom. The highest BCUT2D eigenvalue weighted by Gasteiger charge is 2.20. The first-order valence-corrected chi connectivity index (χ1v) is 9.29.